The second-order valence-corrected chi connectivity index (χ2v) is 8.74. The fourth-order valence-electron chi connectivity index (χ4n) is 4.97. The smallest absolute Gasteiger partial charge is 0.244 e. The van der Waals surface area contributed by atoms with Crippen molar-refractivity contribution >= 4 is 11.8 Å². The maximum absolute atomic E-state index is 12.6. The maximum atomic E-state index is 12.6. The highest BCUT2D eigenvalue weighted by Gasteiger charge is 2.44. The lowest BCUT2D eigenvalue weighted by Gasteiger charge is -2.49. The molecule has 1 spiro atoms. The van der Waals surface area contributed by atoms with E-state index >= 15 is 0 Å². The van der Waals surface area contributed by atoms with Crippen LogP contribution in [0.5, 0.6) is 0 Å². The Bertz CT molecular complexity index is 707. The number of amides is 2. The summed E-state index contributed by atoms with van der Waals surface area (Å²) in [5.41, 5.74) is 1.22. The van der Waals surface area contributed by atoms with E-state index in [1.807, 2.05) is 17.9 Å². The predicted octanol–water partition coefficient (Wildman–Crippen LogP) is 1.13. The van der Waals surface area contributed by atoms with Crippen LogP contribution in [0.4, 0.5) is 0 Å². The Morgan fingerprint density at radius 3 is 2.67 bits per heavy atom. The number of piperidine rings is 2. The van der Waals surface area contributed by atoms with Gasteiger partial charge >= 0.3 is 0 Å². The van der Waals surface area contributed by atoms with Crippen molar-refractivity contribution in [2.45, 2.75) is 51.6 Å². The Morgan fingerprint density at radius 2 is 2.04 bits per heavy atom. The largest absolute Gasteiger partial charge is 0.341 e. The number of likely N-dealkylation sites (tertiary alicyclic amines) is 3. The normalized spacial score (nSPS) is 26.1. The Kier molecular flexibility index (Phi) is 4.97. The number of likely N-dealkylation sites (N-methyl/N-ethyl adjacent to an activating group) is 1. The Morgan fingerprint density at radius 1 is 1.26 bits per heavy atom. The van der Waals surface area contributed by atoms with Crippen LogP contribution in [0.1, 0.15) is 37.8 Å². The minimum absolute atomic E-state index is 0.151. The van der Waals surface area contributed by atoms with E-state index in [0.29, 0.717) is 24.9 Å². The van der Waals surface area contributed by atoms with Gasteiger partial charge in [0.2, 0.25) is 11.8 Å². The topological polar surface area (TPSA) is 61.7 Å². The van der Waals surface area contributed by atoms with Crippen molar-refractivity contribution in [3.8, 4) is 0 Å². The molecule has 0 radical (unpaired) electrons. The standard InChI is InChI=1S/C20H31N5O2/c1-16-4-9-21-25(16)14-19(27)23-11-7-20(8-12-23)6-3-18(26)24(15-20)17-5-10-22(2)13-17/h4,9,17H,3,5-8,10-15H2,1-2H3/t17-/m0/s1. The molecule has 2 amide bonds. The van der Waals surface area contributed by atoms with Crippen LogP contribution in [-0.4, -0.2) is 82.1 Å². The van der Waals surface area contributed by atoms with Gasteiger partial charge in [-0.1, -0.05) is 0 Å². The quantitative estimate of drug-likeness (QED) is 0.797. The molecule has 4 heterocycles. The number of hydrogen-bond acceptors (Lipinski definition) is 4. The second-order valence-electron chi connectivity index (χ2n) is 8.74. The average molecular weight is 374 g/mol. The van der Waals surface area contributed by atoms with Crippen LogP contribution in [0.15, 0.2) is 12.3 Å². The monoisotopic (exact) mass is 373 g/mol. The molecule has 7 heteroatoms. The average Bonchev–Trinajstić information content (AvgIpc) is 3.26. The van der Waals surface area contributed by atoms with E-state index < -0.39 is 0 Å². The molecule has 148 valence electrons. The molecular weight excluding hydrogens is 342 g/mol. The highest BCUT2D eigenvalue weighted by atomic mass is 16.2. The van der Waals surface area contributed by atoms with Gasteiger partial charge < -0.3 is 14.7 Å². The van der Waals surface area contributed by atoms with Crippen molar-refractivity contribution < 1.29 is 9.59 Å². The number of carbonyl (C=O) groups is 2. The minimum Gasteiger partial charge on any atom is -0.341 e. The maximum Gasteiger partial charge on any atom is 0.244 e. The first-order valence-electron chi connectivity index (χ1n) is 10.2. The number of aryl methyl sites for hydroxylation is 1. The van der Waals surface area contributed by atoms with Crippen molar-refractivity contribution in [1.82, 2.24) is 24.5 Å². The zero-order valence-corrected chi connectivity index (χ0v) is 16.6. The first-order valence-corrected chi connectivity index (χ1v) is 10.2. The van der Waals surface area contributed by atoms with Gasteiger partial charge in [-0.25, -0.2) is 0 Å². The third-order valence-electron chi connectivity index (χ3n) is 6.89. The molecule has 0 unspecified atom stereocenters. The van der Waals surface area contributed by atoms with Gasteiger partial charge in [0.25, 0.3) is 0 Å². The number of rotatable bonds is 3. The molecule has 0 N–H and O–H groups in total. The first-order chi connectivity index (χ1) is 13.0. The molecule has 0 saturated carbocycles. The van der Waals surface area contributed by atoms with E-state index in [1.54, 1.807) is 10.9 Å². The van der Waals surface area contributed by atoms with Crippen molar-refractivity contribution in [3.05, 3.63) is 18.0 Å². The van der Waals surface area contributed by atoms with Crippen molar-refractivity contribution in [2.75, 3.05) is 39.8 Å². The third kappa shape index (κ3) is 3.74. The molecule has 0 aromatic carbocycles. The number of nitrogens with zero attached hydrogens (tertiary/aromatic N) is 5. The van der Waals surface area contributed by atoms with Gasteiger partial charge in [0.05, 0.1) is 0 Å². The minimum atomic E-state index is 0.151. The van der Waals surface area contributed by atoms with Crippen LogP contribution in [0.25, 0.3) is 0 Å². The number of carbonyl (C=O) groups excluding carboxylic acids is 2. The summed E-state index contributed by atoms with van der Waals surface area (Å²) in [6.07, 6.45) is 6.48. The summed E-state index contributed by atoms with van der Waals surface area (Å²) in [4.78, 5) is 31.6. The first kappa shape index (κ1) is 18.5. The van der Waals surface area contributed by atoms with E-state index in [2.05, 4.69) is 21.9 Å². The Labute approximate surface area is 161 Å². The van der Waals surface area contributed by atoms with E-state index in [0.717, 1.165) is 64.1 Å². The van der Waals surface area contributed by atoms with Gasteiger partial charge in [0.1, 0.15) is 6.54 Å². The lowest BCUT2D eigenvalue weighted by Crippen LogP contribution is -2.55. The summed E-state index contributed by atoms with van der Waals surface area (Å²) >= 11 is 0. The van der Waals surface area contributed by atoms with E-state index in [4.69, 9.17) is 0 Å². The zero-order valence-electron chi connectivity index (χ0n) is 16.6. The zero-order chi connectivity index (χ0) is 19.0. The van der Waals surface area contributed by atoms with E-state index in [-0.39, 0.29) is 11.3 Å². The van der Waals surface area contributed by atoms with Crippen LogP contribution in [0, 0.1) is 12.3 Å². The molecule has 7 nitrogen and oxygen atoms in total. The highest BCUT2D eigenvalue weighted by Crippen LogP contribution is 2.41. The van der Waals surface area contributed by atoms with Crippen molar-refractivity contribution in [3.63, 3.8) is 0 Å². The van der Waals surface area contributed by atoms with Gasteiger partial charge in [-0.05, 0) is 57.7 Å². The fourth-order valence-corrected chi connectivity index (χ4v) is 4.97. The van der Waals surface area contributed by atoms with Crippen molar-refractivity contribution in [2.24, 2.45) is 5.41 Å². The highest BCUT2D eigenvalue weighted by molar-refractivity contribution is 5.78. The molecule has 27 heavy (non-hydrogen) atoms. The van der Waals surface area contributed by atoms with Crippen molar-refractivity contribution in [1.29, 1.82) is 0 Å². The lowest BCUT2D eigenvalue weighted by atomic mass is 9.72. The fraction of sp³-hybridized carbons (Fsp3) is 0.750. The molecule has 0 bridgehead atoms. The van der Waals surface area contributed by atoms with Crippen LogP contribution in [0.2, 0.25) is 0 Å². The molecular formula is C20H31N5O2. The van der Waals surface area contributed by atoms with E-state index in [9.17, 15) is 9.59 Å². The Hall–Kier alpha value is -1.89. The number of hydrogen-bond donors (Lipinski definition) is 0. The van der Waals surface area contributed by atoms with Gasteiger partial charge in [0.15, 0.2) is 0 Å². The number of aromatic nitrogens is 2. The lowest BCUT2D eigenvalue weighted by molar-refractivity contribution is -0.145. The SMILES string of the molecule is Cc1ccnn1CC(=O)N1CCC2(CCC(=O)N([C@H]3CCN(C)C3)C2)CC1. The summed E-state index contributed by atoms with van der Waals surface area (Å²) in [6, 6.07) is 2.30. The van der Waals surface area contributed by atoms with Gasteiger partial charge in [-0.3, -0.25) is 14.3 Å². The Balaban J connectivity index is 1.35. The van der Waals surface area contributed by atoms with E-state index in [1.165, 1.54) is 0 Å². The van der Waals surface area contributed by atoms with Gasteiger partial charge in [-0.2, -0.15) is 5.10 Å². The van der Waals surface area contributed by atoms with Gasteiger partial charge in [0, 0.05) is 50.5 Å². The van der Waals surface area contributed by atoms with Crippen LogP contribution < -0.4 is 0 Å². The molecule has 0 aliphatic carbocycles. The molecule has 3 aliphatic heterocycles. The van der Waals surface area contributed by atoms with Crippen LogP contribution in [-0.2, 0) is 16.1 Å². The molecule has 3 saturated heterocycles. The van der Waals surface area contributed by atoms with Crippen LogP contribution >= 0.6 is 0 Å². The summed E-state index contributed by atoms with van der Waals surface area (Å²) < 4.78 is 1.77. The molecule has 3 aliphatic rings. The molecule has 1 aromatic heterocycles. The second kappa shape index (κ2) is 7.26. The van der Waals surface area contributed by atoms with Gasteiger partial charge in [-0.15, -0.1) is 0 Å². The summed E-state index contributed by atoms with van der Waals surface area (Å²) in [5, 5.41) is 4.22. The summed E-state index contributed by atoms with van der Waals surface area (Å²) in [5.74, 6) is 0.478. The molecule has 3 fully saturated rings. The summed E-state index contributed by atoms with van der Waals surface area (Å²) in [7, 11) is 2.13. The third-order valence-corrected chi connectivity index (χ3v) is 6.89. The molecule has 1 atom stereocenters. The summed E-state index contributed by atoms with van der Waals surface area (Å²) in [6.45, 7) is 6.85. The predicted molar refractivity (Wildman–Crippen MR) is 102 cm³/mol. The molecule has 4 rings (SSSR count). The van der Waals surface area contributed by atoms with Crippen LogP contribution in [0.3, 0.4) is 0 Å². The molecule has 1 aromatic rings.